The van der Waals surface area contributed by atoms with Gasteiger partial charge in [0.1, 0.15) is 17.7 Å². The number of nitrogens with two attached hydrogens (primary N) is 1. The highest BCUT2D eigenvalue weighted by Gasteiger charge is 2.62. The Morgan fingerprint density at radius 1 is 1.68 bits per heavy atom. The average molecular weight is 267 g/mol. The second-order valence-electron chi connectivity index (χ2n) is 5.46. The molecule has 1 heterocycles. The van der Waals surface area contributed by atoms with Crippen LogP contribution >= 0.6 is 0 Å². The summed E-state index contributed by atoms with van der Waals surface area (Å²) in [6, 6.07) is 0. The van der Waals surface area contributed by atoms with Crippen LogP contribution < -0.4 is 11.1 Å². The van der Waals surface area contributed by atoms with Gasteiger partial charge >= 0.3 is 0 Å². The summed E-state index contributed by atoms with van der Waals surface area (Å²) in [7, 11) is 0. The SMILES string of the molecule is CCOC1CC(N)(C(=O)NCc2ncn[nH]2)C1(C)C. The molecule has 0 bridgehead atoms. The molecule has 19 heavy (non-hydrogen) atoms. The third-order valence-electron chi connectivity index (χ3n) is 4.12. The highest BCUT2D eigenvalue weighted by molar-refractivity contribution is 5.88. The largest absolute Gasteiger partial charge is 0.378 e. The lowest BCUT2D eigenvalue weighted by molar-refractivity contribution is -0.170. The summed E-state index contributed by atoms with van der Waals surface area (Å²) in [5.41, 5.74) is 4.97. The molecule has 7 heteroatoms. The number of carbonyl (C=O) groups is 1. The Morgan fingerprint density at radius 3 is 2.95 bits per heavy atom. The predicted octanol–water partition coefficient (Wildman–Crippen LogP) is -0.0466. The summed E-state index contributed by atoms with van der Waals surface area (Å²) in [6.45, 7) is 6.79. The van der Waals surface area contributed by atoms with Crippen LogP contribution in [0.15, 0.2) is 6.33 Å². The summed E-state index contributed by atoms with van der Waals surface area (Å²) < 4.78 is 5.60. The van der Waals surface area contributed by atoms with E-state index in [-0.39, 0.29) is 17.4 Å². The zero-order valence-corrected chi connectivity index (χ0v) is 11.6. The van der Waals surface area contributed by atoms with E-state index in [1.165, 1.54) is 6.33 Å². The van der Waals surface area contributed by atoms with Gasteiger partial charge in [-0.05, 0) is 6.92 Å². The van der Waals surface area contributed by atoms with Gasteiger partial charge in [-0.2, -0.15) is 5.10 Å². The second-order valence-corrected chi connectivity index (χ2v) is 5.46. The lowest BCUT2D eigenvalue weighted by Crippen LogP contribution is -2.75. The molecule has 7 nitrogen and oxygen atoms in total. The third-order valence-corrected chi connectivity index (χ3v) is 4.12. The minimum atomic E-state index is -0.896. The molecule has 0 aliphatic heterocycles. The van der Waals surface area contributed by atoms with Crippen LogP contribution in [0.25, 0.3) is 0 Å². The van der Waals surface area contributed by atoms with Crippen molar-refractivity contribution in [2.24, 2.45) is 11.1 Å². The van der Waals surface area contributed by atoms with Crippen molar-refractivity contribution in [3.63, 3.8) is 0 Å². The summed E-state index contributed by atoms with van der Waals surface area (Å²) in [4.78, 5) is 16.2. The molecule has 2 unspecified atom stereocenters. The number of amides is 1. The van der Waals surface area contributed by atoms with Crippen LogP contribution in [0.3, 0.4) is 0 Å². The van der Waals surface area contributed by atoms with Crippen molar-refractivity contribution >= 4 is 5.91 Å². The van der Waals surface area contributed by atoms with Gasteiger partial charge in [0.15, 0.2) is 0 Å². The fraction of sp³-hybridized carbons (Fsp3) is 0.750. The minimum Gasteiger partial charge on any atom is -0.378 e. The van der Waals surface area contributed by atoms with Gasteiger partial charge in [0.25, 0.3) is 0 Å². The van der Waals surface area contributed by atoms with Gasteiger partial charge in [0.05, 0.1) is 12.6 Å². The van der Waals surface area contributed by atoms with Gasteiger partial charge in [-0.15, -0.1) is 0 Å². The normalized spacial score (nSPS) is 28.7. The van der Waals surface area contributed by atoms with Crippen LogP contribution in [-0.4, -0.2) is 39.3 Å². The Bertz CT molecular complexity index is 445. The van der Waals surface area contributed by atoms with Crippen LogP contribution in [0.4, 0.5) is 0 Å². The maximum Gasteiger partial charge on any atom is 0.241 e. The predicted molar refractivity (Wildman–Crippen MR) is 69.0 cm³/mol. The monoisotopic (exact) mass is 267 g/mol. The molecule has 106 valence electrons. The molecule has 4 N–H and O–H groups in total. The number of H-pyrrole nitrogens is 1. The van der Waals surface area contributed by atoms with Crippen LogP contribution in [0, 0.1) is 5.41 Å². The van der Waals surface area contributed by atoms with Gasteiger partial charge in [-0.3, -0.25) is 9.89 Å². The van der Waals surface area contributed by atoms with Gasteiger partial charge in [-0.25, -0.2) is 4.98 Å². The molecule has 1 aliphatic carbocycles. The highest BCUT2D eigenvalue weighted by Crippen LogP contribution is 2.49. The fourth-order valence-electron chi connectivity index (χ4n) is 2.46. The molecule has 0 radical (unpaired) electrons. The zero-order valence-electron chi connectivity index (χ0n) is 11.6. The Morgan fingerprint density at radius 2 is 2.42 bits per heavy atom. The molecular formula is C12H21N5O2. The number of carbonyl (C=O) groups excluding carboxylic acids is 1. The van der Waals surface area contributed by atoms with E-state index in [0.29, 0.717) is 25.4 Å². The van der Waals surface area contributed by atoms with Crippen molar-refractivity contribution in [2.45, 2.75) is 45.4 Å². The number of aromatic amines is 1. The molecule has 1 aromatic rings. The first-order chi connectivity index (χ1) is 8.91. The standard InChI is InChI=1S/C12H21N5O2/c1-4-19-8-5-12(13,11(8,2)3)10(18)14-6-9-15-7-16-17-9/h7-8H,4-6,13H2,1-3H3,(H,14,18)(H,15,16,17). The smallest absolute Gasteiger partial charge is 0.241 e. The summed E-state index contributed by atoms with van der Waals surface area (Å²) >= 11 is 0. The van der Waals surface area contributed by atoms with E-state index in [1.807, 2.05) is 20.8 Å². The molecule has 0 saturated heterocycles. The molecule has 1 fully saturated rings. The van der Waals surface area contributed by atoms with Gasteiger partial charge in [-0.1, -0.05) is 13.8 Å². The lowest BCUT2D eigenvalue weighted by Gasteiger charge is -2.57. The van der Waals surface area contributed by atoms with E-state index >= 15 is 0 Å². The van der Waals surface area contributed by atoms with E-state index < -0.39 is 5.54 Å². The zero-order chi connectivity index (χ0) is 14.1. The number of rotatable bonds is 5. The van der Waals surface area contributed by atoms with Crippen LogP contribution in [0.2, 0.25) is 0 Å². The van der Waals surface area contributed by atoms with Crippen LogP contribution in [0.5, 0.6) is 0 Å². The van der Waals surface area contributed by atoms with Gasteiger partial charge in [0.2, 0.25) is 5.91 Å². The number of nitrogens with one attached hydrogen (secondary N) is 2. The van der Waals surface area contributed by atoms with Crippen molar-refractivity contribution in [2.75, 3.05) is 6.61 Å². The lowest BCUT2D eigenvalue weighted by atomic mass is 9.54. The van der Waals surface area contributed by atoms with Crippen molar-refractivity contribution in [3.8, 4) is 0 Å². The first-order valence-corrected chi connectivity index (χ1v) is 6.45. The van der Waals surface area contributed by atoms with Crippen LogP contribution in [-0.2, 0) is 16.1 Å². The van der Waals surface area contributed by atoms with Gasteiger partial charge in [0, 0.05) is 18.4 Å². The Labute approximate surface area is 112 Å². The van der Waals surface area contributed by atoms with Gasteiger partial charge < -0.3 is 15.8 Å². The third kappa shape index (κ3) is 2.23. The first-order valence-electron chi connectivity index (χ1n) is 6.45. The van der Waals surface area contributed by atoms with E-state index in [1.54, 1.807) is 0 Å². The summed E-state index contributed by atoms with van der Waals surface area (Å²) in [5.74, 6) is 0.431. The van der Waals surface area contributed by atoms with E-state index in [0.717, 1.165) is 0 Å². The molecular weight excluding hydrogens is 246 g/mol. The van der Waals surface area contributed by atoms with E-state index in [9.17, 15) is 4.79 Å². The number of nitrogens with zero attached hydrogens (tertiary/aromatic N) is 2. The molecule has 1 saturated carbocycles. The quantitative estimate of drug-likeness (QED) is 0.693. The molecule has 0 spiro atoms. The fourth-order valence-corrected chi connectivity index (χ4v) is 2.46. The van der Waals surface area contributed by atoms with Crippen molar-refractivity contribution < 1.29 is 9.53 Å². The molecule has 0 aromatic carbocycles. The maximum atomic E-state index is 12.3. The van der Waals surface area contributed by atoms with Crippen molar-refractivity contribution in [3.05, 3.63) is 12.2 Å². The summed E-state index contributed by atoms with van der Waals surface area (Å²) in [6.07, 6.45) is 1.97. The second kappa shape index (κ2) is 4.90. The number of ether oxygens (including phenoxy) is 1. The van der Waals surface area contributed by atoms with Crippen LogP contribution in [0.1, 0.15) is 33.0 Å². The van der Waals surface area contributed by atoms with E-state index in [4.69, 9.17) is 10.5 Å². The molecule has 1 aromatic heterocycles. The summed E-state index contributed by atoms with van der Waals surface area (Å²) in [5, 5.41) is 9.20. The van der Waals surface area contributed by atoms with Crippen molar-refractivity contribution in [1.29, 1.82) is 0 Å². The number of hydrogen-bond acceptors (Lipinski definition) is 5. The molecule has 2 atom stereocenters. The minimum absolute atomic E-state index is 0.0264. The topological polar surface area (TPSA) is 106 Å². The first kappa shape index (κ1) is 14.0. The number of hydrogen-bond donors (Lipinski definition) is 3. The molecule has 2 rings (SSSR count). The number of aromatic nitrogens is 3. The maximum absolute atomic E-state index is 12.3. The highest BCUT2D eigenvalue weighted by atomic mass is 16.5. The Kier molecular flexibility index (Phi) is 3.60. The van der Waals surface area contributed by atoms with E-state index in [2.05, 4.69) is 20.5 Å². The Balaban J connectivity index is 1.95. The van der Waals surface area contributed by atoms with Crippen molar-refractivity contribution in [1.82, 2.24) is 20.5 Å². The molecule has 1 amide bonds. The molecule has 1 aliphatic rings. The average Bonchev–Trinajstić information content (AvgIpc) is 2.88. The Hall–Kier alpha value is -1.47.